The minimum atomic E-state index is -1.24. The molecule has 8 nitrogen and oxygen atoms in total. The third-order valence-electron chi connectivity index (χ3n) is 3.15. The molecule has 0 aliphatic heterocycles. The lowest BCUT2D eigenvalue weighted by molar-refractivity contribution is 0.209. The van der Waals surface area contributed by atoms with Crippen LogP contribution in [0.15, 0.2) is 41.1 Å². The van der Waals surface area contributed by atoms with Crippen LogP contribution in [0.1, 0.15) is 16.7 Å². The highest BCUT2D eigenvalue weighted by Gasteiger charge is 2.24. The Morgan fingerprint density at radius 2 is 2.25 bits per heavy atom. The molecule has 0 aromatic carbocycles. The summed E-state index contributed by atoms with van der Waals surface area (Å²) in [4.78, 5) is 19.6. The van der Waals surface area contributed by atoms with Gasteiger partial charge >= 0.3 is 6.09 Å². The van der Waals surface area contributed by atoms with E-state index in [1.165, 1.54) is 19.6 Å². The Labute approximate surface area is 140 Å². The molecule has 0 radical (unpaired) electrons. The summed E-state index contributed by atoms with van der Waals surface area (Å²) >= 11 is 1.01. The van der Waals surface area contributed by atoms with E-state index in [0.717, 1.165) is 11.3 Å². The maximum absolute atomic E-state index is 10.8. The van der Waals surface area contributed by atoms with E-state index in [-0.39, 0.29) is 5.13 Å². The molecule has 24 heavy (non-hydrogen) atoms. The molecule has 1 unspecified atom stereocenters. The largest absolute Gasteiger partial charge is 0.495 e. The lowest BCUT2D eigenvalue weighted by atomic mass is 10.1. The van der Waals surface area contributed by atoms with Crippen LogP contribution < -0.4 is 10.1 Å². The second kappa shape index (κ2) is 6.69. The highest BCUT2D eigenvalue weighted by Crippen LogP contribution is 2.38. The predicted octanol–water partition coefficient (Wildman–Crippen LogP) is 2.98. The predicted molar refractivity (Wildman–Crippen MR) is 86.3 cm³/mol. The molecular formula is C15H13N3O5S. The van der Waals surface area contributed by atoms with Crippen LogP contribution in [0.2, 0.25) is 0 Å². The maximum atomic E-state index is 10.8. The van der Waals surface area contributed by atoms with E-state index < -0.39 is 12.2 Å². The van der Waals surface area contributed by atoms with Crippen LogP contribution >= 0.6 is 11.3 Å². The summed E-state index contributed by atoms with van der Waals surface area (Å²) in [6.45, 7) is 0. The molecule has 124 valence electrons. The Kier molecular flexibility index (Phi) is 4.45. The Morgan fingerprint density at radius 3 is 2.83 bits per heavy atom. The van der Waals surface area contributed by atoms with Crippen LogP contribution in [0.4, 0.5) is 9.93 Å². The third kappa shape index (κ3) is 3.21. The minimum Gasteiger partial charge on any atom is -0.495 e. The summed E-state index contributed by atoms with van der Waals surface area (Å²) in [7, 11) is 1.52. The summed E-state index contributed by atoms with van der Waals surface area (Å²) < 4.78 is 10.4. The zero-order valence-corrected chi connectivity index (χ0v) is 13.3. The molecule has 0 spiro atoms. The van der Waals surface area contributed by atoms with Gasteiger partial charge in [0.2, 0.25) is 0 Å². The number of aliphatic hydroxyl groups excluding tert-OH is 1. The standard InChI is InChI=1S/C15H13N3O5S/c1-22-8-4-5-9(16-7-8)12(19)13-11(10-3-2-6-23-10)17-14(24-13)18-15(20)21/h2-7,12,19H,1H3,(H,17,18)(H,20,21). The molecule has 9 heteroatoms. The van der Waals surface area contributed by atoms with Gasteiger partial charge in [0, 0.05) is 0 Å². The highest BCUT2D eigenvalue weighted by atomic mass is 32.1. The van der Waals surface area contributed by atoms with Gasteiger partial charge in [-0.3, -0.25) is 10.3 Å². The number of carboxylic acid groups (broad SMARTS) is 1. The fraction of sp³-hybridized carbons (Fsp3) is 0.133. The molecule has 3 heterocycles. The number of thiazole rings is 1. The Balaban J connectivity index is 2.00. The molecule has 0 saturated carbocycles. The van der Waals surface area contributed by atoms with Gasteiger partial charge in [0.25, 0.3) is 0 Å². The first-order valence-corrected chi connectivity index (χ1v) is 7.62. The molecule has 3 aromatic heterocycles. The van der Waals surface area contributed by atoms with E-state index in [1.54, 1.807) is 24.3 Å². The van der Waals surface area contributed by atoms with Crippen molar-refractivity contribution in [2.45, 2.75) is 6.10 Å². The first-order chi connectivity index (χ1) is 11.6. The van der Waals surface area contributed by atoms with Crippen molar-refractivity contribution in [1.82, 2.24) is 9.97 Å². The molecule has 0 saturated heterocycles. The number of methoxy groups -OCH3 is 1. The number of aromatic nitrogens is 2. The lowest BCUT2D eigenvalue weighted by Crippen LogP contribution is -2.06. The van der Waals surface area contributed by atoms with Gasteiger partial charge in [0.05, 0.1) is 30.1 Å². The number of hydrogen-bond donors (Lipinski definition) is 3. The quantitative estimate of drug-likeness (QED) is 0.649. The van der Waals surface area contributed by atoms with E-state index in [9.17, 15) is 9.90 Å². The molecule has 0 bridgehead atoms. The summed E-state index contributed by atoms with van der Waals surface area (Å²) in [5.74, 6) is 0.988. The van der Waals surface area contributed by atoms with Crippen molar-refractivity contribution in [2.75, 3.05) is 12.4 Å². The van der Waals surface area contributed by atoms with Crippen LogP contribution in [0, 0.1) is 0 Å². The minimum absolute atomic E-state index is 0.136. The van der Waals surface area contributed by atoms with Gasteiger partial charge in [-0.1, -0.05) is 11.3 Å². The van der Waals surface area contributed by atoms with E-state index in [4.69, 9.17) is 14.3 Å². The maximum Gasteiger partial charge on any atom is 0.410 e. The number of rotatable bonds is 5. The SMILES string of the molecule is COc1ccc(C(O)c2sc(NC(=O)O)nc2-c2ccco2)nc1. The molecule has 0 aliphatic rings. The summed E-state index contributed by atoms with van der Waals surface area (Å²) in [6, 6.07) is 6.66. The monoisotopic (exact) mass is 347 g/mol. The van der Waals surface area contributed by atoms with Gasteiger partial charge in [-0.25, -0.2) is 9.78 Å². The summed E-state index contributed by atoms with van der Waals surface area (Å²) in [6.07, 6.45) is 0.639. The Morgan fingerprint density at radius 1 is 1.42 bits per heavy atom. The Bertz CT molecular complexity index is 829. The van der Waals surface area contributed by atoms with Crippen molar-refractivity contribution in [3.05, 3.63) is 47.3 Å². The number of aliphatic hydroxyl groups is 1. The van der Waals surface area contributed by atoms with Crippen molar-refractivity contribution in [2.24, 2.45) is 0 Å². The van der Waals surface area contributed by atoms with Gasteiger partial charge < -0.3 is 19.4 Å². The van der Waals surface area contributed by atoms with E-state index in [2.05, 4.69) is 15.3 Å². The van der Waals surface area contributed by atoms with Crippen LogP contribution in [0.5, 0.6) is 5.75 Å². The molecule has 0 aliphatic carbocycles. The van der Waals surface area contributed by atoms with Crippen LogP contribution in [0.25, 0.3) is 11.5 Å². The molecule has 3 N–H and O–H groups in total. The zero-order chi connectivity index (χ0) is 17.1. The van der Waals surface area contributed by atoms with Gasteiger partial charge in [-0.15, -0.1) is 0 Å². The van der Waals surface area contributed by atoms with Crippen LogP contribution in [-0.2, 0) is 0 Å². The lowest BCUT2D eigenvalue weighted by Gasteiger charge is -2.09. The number of nitrogens with zero attached hydrogens (tertiary/aromatic N) is 2. The Hall–Kier alpha value is -2.91. The second-order valence-corrected chi connectivity index (χ2v) is 5.70. The number of hydrogen-bond acceptors (Lipinski definition) is 7. The van der Waals surface area contributed by atoms with Crippen molar-refractivity contribution >= 4 is 22.6 Å². The number of ether oxygens (including phenoxy) is 1. The van der Waals surface area contributed by atoms with Gasteiger partial charge in [-0.2, -0.15) is 0 Å². The van der Waals surface area contributed by atoms with Gasteiger partial charge in [0.15, 0.2) is 10.9 Å². The molecule has 0 fully saturated rings. The van der Waals surface area contributed by atoms with Gasteiger partial charge in [0.1, 0.15) is 17.5 Å². The topological polar surface area (TPSA) is 118 Å². The number of anilines is 1. The van der Waals surface area contributed by atoms with Crippen molar-refractivity contribution in [1.29, 1.82) is 0 Å². The van der Waals surface area contributed by atoms with Crippen molar-refractivity contribution < 1.29 is 24.2 Å². The number of nitrogens with one attached hydrogen (secondary N) is 1. The van der Waals surface area contributed by atoms with E-state index >= 15 is 0 Å². The number of carbonyl (C=O) groups is 1. The number of pyridine rings is 1. The zero-order valence-electron chi connectivity index (χ0n) is 12.5. The van der Waals surface area contributed by atoms with E-state index in [0.29, 0.717) is 27.8 Å². The van der Waals surface area contributed by atoms with E-state index in [1.807, 2.05) is 0 Å². The molecule has 1 atom stereocenters. The number of furan rings is 1. The normalized spacial score (nSPS) is 11.9. The summed E-state index contributed by atoms with van der Waals surface area (Å²) in [5, 5.41) is 21.8. The van der Waals surface area contributed by atoms with Gasteiger partial charge in [-0.05, 0) is 24.3 Å². The van der Waals surface area contributed by atoms with Crippen molar-refractivity contribution in [3.8, 4) is 17.2 Å². The third-order valence-corrected chi connectivity index (χ3v) is 4.17. The number of amides is 1. The molecule has 3 aromatic rings. The molecular weight excluding hydrogens is 334 g/mol. The first-order valence-electron chi connectivity index (χ1n) is 6.81. The molecule has 1 amide bonds. The fourth-order valence-corrected chi connectivity index (χ4v) is 3.02. The molecule has 3 rings (SSSR count). The first kappa shape index (κ1) is 16.0. The van der Waals surface area contributed by atoms with Crippen molar-refractivity contribution in [3.63, 3.8) is 0 Å². The van der Waals surface area contributed by atoms with Crippen LogP contribution in [-0.4, -0.2) is 33.4 Å². The highest BCUT2D eigenvalue weighted by molar-refractivity contribution is 7.16. The smallest absolute Gasteiger partial charge is 0.410 e. The summed E-state index contributed by atoms with van der Waals surface area (Å²) in [5.41, 5.74) is 0.744. The van der Waals surface area contributed by atoms with Crippen LogP contribution in [0.3, 0.4) is 0 Å². The average molecular weight is 347 g/mol. The average Bonchev–Trinajstić information content (AvgIpc) is 3.23. The second-order valence-electron chi connectivity index (χ2n) is 4.66. The fourth-order valence-electron chi connectivity index (χ4n) is 2.06.